The number of para-hydroxylation sites is 1. The highest BCUT2D eigenvalue weighted by molar-refractivity contribution is 7.87. The van der Waals surface area contributed by atoms with E-state index in [1.54, 1.807) is 12.1 Å². The summed E-state index contributed by atoms with van der Waals surface area (Å²) in [5.41, 5.74) is 0.819. The predicted molar refractivity (Wildman–Crippen MR) is 79.4 cm³/mol. The second-order valence-corrected chi connectivity index (χ2v) is 6.39. The van der Waals surface area contributed by atoms with Crippen LogP contribution in [0.25, 0.3) is 0 Å². The summed E-state index contributed by atoms with van der Waals surface area (Å²) in [6.07, 6.45) is 0.861. The van der Waals surface area contributed by atoms with Crippen LogP contribution in [0.4, 0.5) is 4.39 Å². The Labute approximate surface area is 124 Å². The zero-order valence-electron chi connectivity index (χ0n) is 11.9. The average molecular weight is 308 g/mol. The maximum Gasteiger partial charge on any atom is 0.339 e. The van der Waals surface area contributed by atoms with Crippen molar-refractivity contribution in [2.45, 2.75) is 31.1 Å². The van der Waals surface area contributed by atoms with Gasteiger partial charge in [-0.2, -0.15) is 8.42 Å². The molecule has 2 aromatic carbocycles. The van der Waals surface area contributed by atoms with Gasteiger partial charge in [0.05, 0.1) is 0 Å². The highest BCUT2D eigenvalue weighted by atomic mass is 32.2. The van der Waals surface area contributed by atoms with E-state index < -0.39 is 15.9 Å². The van der Waals surface area contributed by atoms with Crippen LogP contribution in [0.3, 0.4) is 0 Å². The van der Waals surface area contributed by atoms with Gasteiger partial charge < -0.3 is 4.18 Å². The molecule has 3 nitrogen and oxygen atoms in total. The van der Waals surface area contributed by atoms with Crippen molar-refractivity contribution >= 4 is 10.1 Å². The van der Waals surface area contributed by atoms with Crippen molar-refractivity contribution in [3.05, 3.63) is 59.9 Å². The Bertz CT molecular complexity index is 726. The molecule has 21 heavy (non-hydrogen) atoms. The number of hydrogen-bond acceptors (Lipinski definition) is 3. The summed E-state index contributed by atoms with van der Waals surface area (Å²) >= 11 is 0. The average Bonchev–Trinajstić information content (AvgIpc) is 2.46. The minimum atomic E-state index is -4.04. The second-order valence-electron chi connectivity index (χ2n) is 4.84. The molecule has 0 radical (unpaired) electrons. The van der Waals surface area contributed by atoms with Gasteiger partial charge in [-0.15, -0.1) is 0 Å². The van der Waals surface area contributed by atoms with Gasteiger partial charge in [0.2, 0.25) is 0 Å². The lowest BCUT2D eigenvalue weighted by Crippen LogP contribution is -2.11. The van der Waals surface area contributed by atoms with Crippen molar-refractivity contribution in [3.63, 3.8) is 0 Å². The molecule has 0 aliphatic carbocycles. The van der Waals surface area contributed by atoms with Crippen LogP contribution >= 0.6 is 0 Å². The van der Waals surface area contributed by atoms with Crippen molar-refractivity contribution in [2.24, 2.45) is 0 Å². The van der Waals surface area contributed by atoms with E-state index in [1.165, 1.54) is 18.2 Å². The van der Waals surface area contributed by atoms with Gasteiger partial charge in [-0.25, -0.2) is 4.39 Å². The predicted octanol–water partition coefficient (Wildman–Crippen LogP) is 4.11. The summed E-state index contributed by atoms with van der Waals surface area (Å²) in [6.45, 7) is 4.01. The van der Waals surface area contributed by atoms with Crippen molar-refractivity contribution in [1.82, 2.24) is 0 Å². The molecule has 0 fully saturated rings. The maximum atomic E-state index is 13.2. The monoisotopic (exact) mass is 308 g/mol. The molecule has 0 heterocycles. The molecule has 0 bridgehead atoms. The Kier molecular flexibility index (Phi) is 4.63. The Hall–Kier alpha value is -1.88. The Balaban J connectivity index is 2.38. The molecule has 0 aliphatic heterocycles. The Morgan fingerprint density at radius 3 is 2.52 bits per heavy atom. The Morgan fingerprint density at radius 2 is 1.86 bits per heavy atom. The molecule has 2 aromatic rings. The second kappa shape index (κ2) is 6.26. The lowest BCUT2D eigenvalue weighted by molar-refractivity contribution is 0.478. The van der Waals surface area contributed by atoms with Crippen LogP contribution in [0, 0.1) is 5.82 Å². The molecule has 0 aromatic heterocycles. The van der Waals surface area contributed by atoms with Crippen LogP contribution in [0.15, 0.2) is 53.4 Å². The molecule has 1 atom stereocenters. The molecule has 0 spiro atoms. The summed E-state index contributed by atoms with van der Waals surface area (Å²) in [5.74, 6) is -0.157. The molecule has 112 valence electrons. The molecule has 0 saturated heterocycles. The van der Waals surface area contributed by atoms with E-state index in [9.17, 15) is 12.8 Å². The highest BCUT2D eigenvalue weighted by Crippen LogP contribution is 2.30. The first kappa shape index (κ1) is 15.5. The van der Waals surface area contributed by atoms with Gasteiger partial charge in [-0.1, -0.05) is 38.1 Å². The van der Waals surface area contributed by atoms with E-state index in [0.717, 1.165) is 18.1 Å². The SMILES string of the molecule is CCC(C)c1ccccc1OS(=O)(=O)c1cccc(F)c1. The number of benzene rings is 2. The minimum absolute atomic E-state index is 0.170. The lowest BCUT2D eigenvalue weighted by atomic mass is 9.98. The first-order valence-corrected chi connectivity index (χ1v) is 8.14. The van der Waals surface area contributed by atoms with E-state index in [2.05, 4.69) is 0 Å². The first-order chi connectivity index (χ1) is 9.94. The van der Waals surface area contributed by atoms with Crippen molar-refractivity contribution in [2.75, 3.05) is 0 Å². The highest BCUT2D eigenvalue weighted by Gasteiger charge is 2.20. The summed E-state index contributed by atoms with van der Waals surface area (Å²) < 4.78 is 42.8. The maximum absolute atomic E-state index is 13.2. The van der Waals surface area contributed by atoms with E-state index in [1.807, 2.05) is 26.0 Å². The summed E-state index contributed by atoms with van der Waals surface area (Å²) in [5, 5.41) is 0. The van der Waals surface area contributed by atoms with Gasteiger partial charge in [0.15, 0.2) is 0 Å². The van der Waals surface area contributed by atoms with Crippen LogP contribution in [-0.2, 0) is 10.1 Å². The Morgan fingerprint density at radius 1 is 1.14 bits per heavy atom. The van der Waals surface area contributed by atoms with Crippen molar-refractivity contribution in [1.29, 1.82) is 0 Å². The largest absolute Gasteiger partial charge is 0.379 e. The third kappa shape index (κ3) is 3.61. The van der Waals surface area contributed by atoms with Gasteiger partial charge in [0, 0.05) is 0 Å². The normalized spacial score (nSPS) is 12.9. The zero-order chi connectivity index (χ0) is 15.5. The molecule has 5 heteroatoms. The number of rotatable bonds is 5. The number of halogens is 1. The van der Waals surface area contributed by atoms with E-state index in [0.29, 0.717) is 0 Å². The molecular formula is C16H17FO3S. The molecule has 0 saturated carbocycles. The third-order valence-corrected chi connectivity index (χ3v) is 4.58. The number of hydrogen-bond donors (Lipinski definition) is 0. The quantitative estimate of drug-likeness (QED) is 0.781. The van der Waals surface area contributed by atoms with Crippen molar-refractivity contribution < 1.29 is 17.0 Å². The van der Waals surface area contributed by atoms with E-state index in [-0.39, 0.29) is 16.6 Å². The lowest BCUT2D eigenvalue weighted by Gasteiger charge is -2.15. The van der Waals surface area contributed by atoms with Gasteiger partial charge in [-0.3, -0.25) is 0 Å². The topological polar surface area (TPSA) is 43.4 Å². The fraction of sp³-hybridized carbons (Fsp3) is 0.250. The van der Waals surface area contributed by atoms with Crippen LogP contribution in [0.1, 0.15) is 31.7 Å². The van der Waals surface area contributed by atoms with E-state index >= 15 is 0 Å². The standard InChI is InChI=1S/C16H17FO3S/c1-3-12(2)15-9-4-5-10-16(15)20-21(18,19)14-8-6-7-13(17)11-14/h4-12H,3H2,1-2H3. The molecule has 2 rings (SSSR count). The molecule has 0 amide bonds. The van der Waals surface area contributed by atoms with E-state index in [4.69, 9.17) is 4.18 Å². The summed E-state index contributed by atoms with van der Waals surface area (Å²) in [4.78, 5) is -0.193. The van der Waals surface area contributed by atoms with Gasteiger partial charge >= 0.3 is 10.1 Å². The molecular weight excluding hydrogens is 291 g/mol. The van der Waals surface area contributed by atoms with Crippen LogP contribution in [-0.4, -0.2) is 8.42 Å². The first-order valence-electron chi connectivity index (χ1n) is 6.73. The fourth-order valence-corrected chi connectivity index (χ4v) is 2.96. The van der Waals surface area contributed by atoms with Crippen LogP contribution < -0.4 is 4.18 Å². The summed E-state index contributed by atoms with van der Waals surface area (Å²) in [6, 6.07) is 11.8. The fourth-order valence-electron chi connectivity index (χ4n) is 1.97. The molecule has 0 N–H and O–H groups in total. The van der Waals surface area contributed by atoms with Gasteiger partial charge in [-0.05, 0) is 42.2 Å². The van der Waals surface area contributed by atoms with Crippen LogP contribution in [0.2, 0.25) is 0 Å². The van der Waals surface area contributed by atoms with Crippen LogP contribution in [0.5, 0.6) is 5.75 Å². The van der Waals surface area contributed by atoms with Crippen molar-refractivity contribution in [3.8, 4) is 5.75 Å². The van der Waals surface area contributed by atoms with Gasteiger partial charge in [0.1, 0.15) is 16.5 Å². The summed E-state index contributed by atoms with van der Waals surface area (Å²) in [7, 11) is -4.04. The zero-order valence-corrected chi connectivity index (χ0v) is 12.7. The molecule has 0 aliphatic rings. The smallest absolute Gasteiger partial charge is 0.339 e. The third-order valence-electron chi connectivity index (χ3n) is 3.35. The molecule has 1 unspecified atom stereocenters. The minimum Gasteiger partial charge on any atom is -0.379 e. The van der Waals surface area contributed by atoms with Gasteiger partial charge in [0.25, 0.3) is 0 Å².